The lowest BCUT2D eigenvalue weighted by Gasteiger charge is -2.09. The van der Waals surface area contributed by atoms with Gasteiger partial charge in [-0.05, 0) is 12.5 Å². The summed E-state index contributed by atoms with van der Waals surface area (Å²) < 4.78 is 27.3. The largest absolute Gasteiger partial charge is 0.376 e. The highest BCUT2D eigenvalue weighted by Gasteiger charge is 2.16. The fourth-order valence-electron chi connectivity index (χ4n) is 1.73. The Morgan fingerprint density at radius 1 is 1.15 bits per heavy atom. The Balaban J connectivity index is 2.17. The molecular formula is C14H12F2N2O2. The highest BCUT2D eigenvalue weighted by Crippen LogP contribution is 2.25. The number of anilines is 1. The van der Waals surface area contributed by atoms with Crippen LogP contribution in [0.5, 0.6) is 0 Å². The first-order valence-corrected chi connectivity index (χ1v) is 5.90. The molecule has 20 heavy (non-hydrogen) atoms. The van der Waals surface area contributed by atoms with Crippen molar-refractivity contribution in [3.05, 3.63) is 69.3 Å². The van der Waals surface area contributed by atoms with Crippen molar-refractivity contribution in [2.75, 3.05) is 5.32 Å². The average molecular weight is 278 g/mol. The molecule has 1 N–H and O–H groups in total. The number of nitrogens with zero attached hydrogens (tertiary/aromatic N) is 1. The second-order valence-corrected chi connectivity index (χ2v) is 4.38. The van der Waals surface area contributed by atoms with E-state index in [9.17, 15) is 18.9 Å². The maximum Gasteiger partial charge on any atom is 0.275 e. The number of non-ortho nitro benzene ring substituents is 1. The summed E-state index contributed by atoms with van der Waals surface area (Å²) >= 11 is 0. The van der Waals surface area contributed by atoms with Gasteiger partial charge in [0.1, 0.15) is 5.69 Å². The zero-order chi connectivity index (χ0) is 14.7. The second kappa shape index (κ2) is 5.64. The van der Waals surface area contributed by atoms with Crippen LogP contribution in [0.1, 0.15) is 11.1 Å². The van der Waals surface area contributed by atoms with Gasteiger partial charge in [-0.1, -0.05) is 29.8 Å². The molecule has 2 aromatic rings. The number of benzene rings is 2. The van der Waals surface area contributed by atoms with Crippen LogP contribution in [0.15, 0.2) is 36.4 Å². The maximum atomic E-state index is 13.6. The fraction of sp³-hybridized carbons (Fsp3) is 0.143. The summed E-state index contributed by atoms with van der Waals surface area (Å²) in [5, 5.41) is 13.1. The smallest absolute Gasteiger partial charge is 0.275 e. The Bertz CT molecular complexity index is 619. The van der Waals surface area contributed by atoms with Crippen molar-refractivity contribution in [1.82, 2.24) is 0 Å². The summed E-state index contributed by atoms with van der Waals surface area (Å²) in [4.78, 5) is 9.64. The zero-order valence-corrected chi connectivity index (χ0v) is 10.7. The molecule has 2 aromatic carbocycles. The standard InChI is InChI=1S/C14H12F2N2O2/c1-9-2-4-10(5-3-9)8-17-14-12(15)6-11(18(19)20)7-13(14)16/h2-7,17H,8H2,1H3. The van der Waals surface area contributed by atoms with Gasteiger partial charge in [-0.25, -0.2) is 8.78 Å². The molecule has 0 unspecified atom stereocenters. The van der Waals surface area contributed by atoms with Crippen LogP contribution in [0.25, 0.3) is 0 Å². The van der Waals surface area contributed by atoms with E-state index in [1.807, 2.05) is 31.2 Å². The monoisotopic (exact) mass is 278 g/mol. The lowest BCUT2D eigenvalue weighted by Crippen LogP contribution is -2.05. The topological polar surface area (TPSA) is 55.2 Å². The zero-order valence-electron chi connectivity index (χ0n) is 10.7. The Morgan fingerprint density at radius 3 is 2.20 bits per heavy atom. The first kappa shape index (κ1) is 13.9. The SMILES string of the molecule is Cc1ccc(CNc2c(F)cc([N+](=O)[O-])cc2F)cc1. The predicted octanol–water partition coefficient (Wildman–Crippen LogP) is 3.79. The number of aryl methyl sites for hydroxylation is 1. The number of halogens is 2. The molecular weight excluding hydrogens is 266 g/mol. The number of hydrogen-bond donors (Lipinski definition) is 1. The summed E-state index contributed by atoms with van der Waals surface area (Å²) in [6.07, 6.45) is 0. The van der Waals surface area contributed by atoms with E-state index in [4.69, 9.17) is 0 Å². The van der Waals surface area contributed by atoms with Crippen LogP contribution in [0, 0.1) is 28.7 Å². The summed E-state index contributed by atoms with van der Waals surface area (Å²) in [5.41, 5.74) is 0.964. The van der Waals surface area contributed by atoms with Crippen LogP contribution < -0.4 is 5.32 Å². The molecule has 0 bridgehead atoms. The third-order valence-corrected chi connectivity index (χ3v) is 2.83. The van der Waals surface area contributed by atoms with E-state index in [1.165, 1.54) is 0 Å². The minimum Gasteiger partial charge on any atom is -0.376 e. The summed E-state index contributed by atoms with van der Waals surface area (Å²) in [6.45, 7) is 2.17. The first-order valence-electron chi connectivity index (χ1n) is 5.90. The number of nitro groups is 1. The third kappa shape index (κ3) is 3.09. The summed E-state index contributed by atoms with van der Waals surface area (Å²) in [7, 11) is 0. The Labute approximate surface area is 114 Å². The van der Waals surface area contributed by atoms with E-state index in [2.05, 4.69) is 5.32 Å². The fourth-order valence-corrected chi connectivity index (χ4v) is 1.73. The van der Waals surface area contributed by atoms with Crippen molar-refractivity contribution in [2.45, 2.75) is 13.5 Å². The molecule has 0 saturated carbocycles. The van der Waals surface area contributed by atoms with Crippen LogP contribution in [0.2, 0.25) is 0 Å². The lowest BCUT2D eigenvalue weighted by molar-refractivity contribution is -0.385. The van der Waals surface area contributed by atoms with Gasteiger partial charge in [-0.15, -0.1) is 0 Å². The minimum atomic E-state index is -0.983. The van der Waals surface area contributed by atoms with Gasteiger partial charge in [0.15, 0.2) is 11.6 Å². The van der Waals surface area contributed by atoms with E-state index in [1.54, 1.807) is 0 Å². The molecule has 0 fully saturated rings. The Hall–Kier alpha value is -2.50. The molecule has 0 aliphatic heterocycles. The summed E-state index contributed by atoms with van der Waals surface area (Å²) in [5.74, 6) is -1.97. The van der Waals surface area contributed by atoms with E-state index >= 15 is 0 Å². The molecule has 0 atom stereocenters. The Kier molecular flexibility index (Phi) is 3.93. The van der Waals surface area contributed by atoms with E-state index in [0.717, 1.165) is 11.1 Å². The normalized spacial score (nSPS) is 10.3. The third-order valence-electron chi connectivity index (χ3n) is 2.83. The minimum absolute atomic E-state index is 0.228. The molecule has 0 saturated heterocycles. The maximum absolute atomic E-state index is 13.6. The van der Waals surface area contributed by atoms with E-state index in [0.29, 0.717) is 12.1 Å². The van der Waals surface area contributed by atoms with Crippen LogP contribution in [0.4, 0.5) is 20.2 Å². The molecule has 0 aliphatic rings. The van der Waals surface area contributed by atoms with Crippen molar-refractivity contribution in [3.63, 3.8) is 0 Å². The van der Waals surface area contributed by atoms with Crippen molar-refractivity contribution in [2.24, 2.45) is 0 Å². The first-order chi connectivity index (χ1) is 9.47. The number of nitrogens with one attached hydrogen (secondary N) is 1. The van der Waals surface area contributed by atoms with Crippen molar-refractivity contribution < 1.29 is 13.7 Å². The molecule has 0 aromatic heterocycles. The summed E-state index contributed by atoms with van der Waals surface area (Å²) in [6, 6.07) is 8.84. The molecule has 0 heterocycles. The molecule has 104 valence electrons. The van der Waals surface area contributed by atoms with Crippen molar-refractivity contribution in [1.29, 1.82) is 0 Å². The van der Waals surface area contributed by atoms with Crippen LogP contribution in [-0.2, 0) is 6.54 Å². The quantitative estimate of drug-likeness (QED) is 0.683. The predicted molar refractivity (Wildman–Crippen MR) is 71.5 cm³/mol. The van der Waals surface area contributed by atoms with Gasteiger partial charge in [0.05, 0.1) is 17.1 Å². The van der Waals surface area contributed by atoms with Gasteiger partial charge in [0.2, 0.25) is 0 Å². The molecule has 6 heteroatoms. The molecule has 0 spiro atoms. The lowest BCUT2D eigenvalue weighted by atomic mass is 10.1. The Morgan fingerprint density at radius 2 is 1.70 bits per heavy atom. The van der Waals surface area contributed by atoms with Gasteiger partial charge in [-0.2, -0.15) is 0 Å². The molecule has 0 radical (unpaired) electrons. The van der Waals surface area contributed by atoms with E-state index < -0.39 is 22.2 Å². The molecule has 2 rings (SSSR count). The van der Waals surface area contributed by atoms with Crippen molar-refractivity contribution >= 4 is 11.4 Å². The number of hydrogen-bond acceptors (Lipinski definition) is 3. The van der Waals surface area contributed by atoms with Gasteiger partial charge >= 0.3 is 0 Å². The van der Waals surface area contributed by atoms with Crippen LogP contribution >= 0.6 is 0 Å². The van der Waals surface area contributed by atoms with Gasteiger partial charge < -0.3 is 5.32 Å². The van der Waals surface area contributed by atoms with Crippen LogP contribution in [-0.4, -0.2) is 4.92 Å². The van der Waals surface area contributed by atoms with Gasteiger partial charge in [0.25, 0.3) is 5.69 Å². The number of nitro benzene ring substituents is 1. The highest BCUT2D eigenvalue weighted by atomic mass is 19.1. The van der Waals surface area contributed by atoms with Crippen LogP contribution in [0.3, 0.4) is 0 Å². The van der Waals surface area contributed by atoms with E-state index in [-0.39, 0.29) is 12.2 Å². The molecule has 0 aliphatic carbocycles. The van der Waals surface area contributed by atoms with Crippen molar-refractivity contribution in [3.8, 4) is 0 Å². The van der Waals surface area contributed by atoms with Gasteiger partial charge in [-0.3, -0.25) is 10.1 Å². The average Bonchev–Trinajstić information content (AvgIpc) is 2.39. The van der Waals surface area contributed by atoms with Gasteiger partial charge in [0, 0.05) is 6.54 Å². The highest BCUT2D eigenvalue weighted by molar-refractivity contribution is 5.52. The number of rotatable bonds is 4. The second-order valence-electron chi connectivity index (χ2n) is 4.38. The molecule has 4 nitrogen and oxygen atoms in total. The molecule has 0 amide bonds.